The minimum Gasteiger partial charge on any atom is -0.494 e. The lowest BCUT2D eigenvalue weighted by molar-refractivity contribution is -0.159. The van der Waals surface area contributed by atoms with E-state index in [1.807, 2.05) is 42.1 Å². The monoisotopic (exact) mass is 407 g/mol. The van der Waals surface area contributed by atoms with Gasteiger partial charge in [0.05, 0.1) is 18.8 Å². The van der Waals surface area contributed by atoms with Gasteiger partial charge in [-0.25, -0.2) is 5.06 Å². The van der Waals surface area contributed by atoms with Crippen LogP contribution < -0.4 is 4.74 Å². The number of fused-ring (bicyclic) bond motifs is 2. The summed E-state index contributed by atoms with van der Waals surface area (Å²) in [5.41, 5.74) is 0. The molecule has 1 aromatic rings. The average Bonchev–Trinajstić information content (AvgIpc) is 3.30. The maximum Gasteiger partial charge on any atom is 0.245 e. The Morgan fingerprint density at radius 2 is 1.86 bits per heavy atom. The SMILES string of the molecule is CN(O)C(=O)CCCCSCCC1C2CCC(O2)C1CCOc1ccccc1. The molecule has 28 heavy (non-hydrogen) atoms. The number of nitrogens with zero attached hydrogens (tertiary/aromatic N) is 1. The van der Waals surface area contributed by atoms with E-state index in [1.54, 1.807) is 0 Å². The summed E-state index contributed by atoms with van der Waals surface area (Å²) in [6.45, 7) is 0.762. The molecule has 1 N–H and O–H groups in total. The fourth-order valence-electron chi connectivity index (χ4n) is 4.46. The fraction of sp³-hybridized carbons (Fsp3) is 0.682. The molecule has 2 fully saturated rings. The zero-order valence-electron chi connectivity index (χ0n) is 16.8. The third-order valence-corrected chi connectivity index (χ3v) is 7.04. The maximum atomic E-state index is 11.3. The topological polar surface area (TPSA) is 59.0 Å². The van der Waals surface area contributed by atoms with E-state index in [4.69, 9.17) is 14.7 Å². The van der Waals surface area contributed by atoms with Crippen molar-refractivity contribution >= 4 is 17.7 Å². The van der Waals surface area contributed by atoms with Gasteiger partial charge in [0.15, 0.2) is 0 Å². The van der Waals surface area contributed by atoms with Crippen LogP contribution in [0.2, 0.25) is 0 Å². The van der Waals surface area contributed by atoms with Crippen molar-refractivity contribution in [3.63, 3.8) is 0 Å². The Kier molecular flexibility index (Phi) is 8.49. The number of carbonyl (C=O) groups excluding carboxylic acids is 1. The highest BCUT2D eigenvalue weighted by Gasteiger charge is 2.47. The summed E-state index contributed by atoms with van der Waals surface area (Å²) in [7, 11) is 1.38. The lowest BCUT2D eigenvalue weighted by atomic mass is 9.76. The van der Waals surface area contributed by atoms with E-state index >= 15 is 0 Å². The van der Waals surface area contributed by atoms with Crippen LogP contribution in [0.3, 0.4) is 0 Å². The molecule has 2 heterocycles. The van der Waals surface area contributed by atoms with Crippen LogP contribution in [0.1, 0.15) is 44.9 Å². The highest BCUT2D eigenvalue weighted by Crippen LogP contribution is 2.46. The number of unbranched alkanes of at least 4 members (excludes halogenated alkanes) is 1. The van der Waals surface area contributed by atoms with E-state index in [-0.39, 0.29) is 5.91 Å². The van der Waals surface area contributed by atoms with Gasteiger partial charge in [-0.3, -0.25) is 10.0 Å². The first-order valence-electron chi connectivity index (χ1n) is 10.5. The molecule has 0 aromatic heterocycles. The largest absolute Gasteiger partial charge is 0.494 e. The zero-order valence-corrected chi connectivity index (χ0v) is 17.6. The van der Waals surface area contributed by atoms with Gasteiger partial charge in [-0.15, -0.1) is 0 Å². The number of hydrogen-bond donors (Lipinski definition) is 1. The first kappa shape index (κ1) is 21.5. The number of ether oxygens (including phenoxy) is 2. The molecule has 156 valence electrons. The van der Waals surface area contributed by atoms with Gasteiger partial charge >= 0.3 is 0 Å². The molecule has 2 aliphatic rings. The Labute approximate surface area is 172 Å². The van der Waals surface area contributed by atoms with E-state index in [2.05, 4.69) is 0 Å². The van der Waals surface area contributed by atoms with Crippen LogP contribution in [-0.2, 0) is 9.53 Å². The van der Waals surface area contributed by atoms with E-state index in [0.717, 1.165) is 43.1 Å². The highest BCUT2D eigenvalue weighted by molar-refractivity contribution is 7.99. The van der Waals surface area contributed by atoms with Gasteiger partial charge in [0.1, 0.15) is 5.75 Å². The lowest BCUT2D eigenvalue weighted by Crippen LogP contribution is -2.29. The number of amides is 1. The molecule has 0 spiro atoms. The molecule has 0 aliphatic carbocycles. The minimum atomic E-state index is -0.204. The number of hydrogen-bond acceptors (Lipinski definition) is 5. The molecule has 2 saturated heterocycles. The van der Waals surface area contributed by atoms with Crippen molar-refractivity contribution in [3.05, 3.63) is 30.3 Å². The smallest absolute Gasteiger partial charge is 0.245 e. The summed E-state index contributed by atoms with van der Waals surface area (Å²) in [5, 5.41) is 9.73. The quantitative estimate of drug-likeness (QED) is 0.316. The van der Waals surface area contributed by atoms with Crippen LogP contribution >= 0.6 is 11.8 Å². The molecule has 1 amide bonds. The zero-order chi connectivity index (χ0) is 19.8. The Bertz CT molecular complexity index is 597. The van der Waals surface area contributed by atoms with Crippen LogP contribution in [-0.4, -0.2) is 53.5 Å². The van der Waals surface area contributed by atoms with Gasteiger partial charge in [0, 0.05) is 13.5 Å². The number of thioether (sulfide) groups is 1. The molecule has 1 aromatic carbocycles. The Hall–Kier alpha value is -1.24. The second-order valence-electron chi connectivity index (χ2n) is 7.84. The number of hydroxylamine groups is 2. The van der Waals surface area contributed by atoms with E-state index in [1.165, 1.54) is 26.3 Å². The van der Waals surface area contributed by atoms with Crippen molar-refractivity contribution in [3.8, 4) is 5.75 Å². The van der Waals surface area contributed by atoms with Crippen LogP contribution in [0, 0.1) is 11.8 Å². The van der Waals surface area contributed by atoms with Crippen LogP contribution in [0.4, 0.5) is 0 Å². The predicted molar refractivity (Wildman–Crippen MR) is 112 cm³/mol. The number of carbonyl (C=O) groups is 1. The van der Waals surface area contributed by atoms with Crippen LogP contribution in [0.25, 0.3) is 0 Å². The predicted octanol–water partition coefficient (Wildman–Crippen LogP) is 4.39. The van der Waals surface area contributed by atoms with Gasteiger partial charge in [-0.2, -0.15) is 11.8 Å². The summed E-state index contributed by atoms with van der Waals surface area (Å²) >= 11 is 1.98. The summed E-state index contributed by atoms with van der Waals surface area (Å²) < 4.78 is 12.1. The van der Waals surface area contributed by atoms with E-state index in [0.29, 0.717) is 35.5 Å². The molecule has 4 atom stereocenters. The molecule has 0 radical (unpaired) electrons. The second-order valence-corrected chi connectivity index (χ2v) is 9.07. The first-order chi connectivity index (χ1) is 13.6. The Morgan fingerprint density at radius 3 is 2.57 bits per heavy atom. The van der Waals surface area contributed by atoms with Gasteiger partial charge in [-0.05, 0) is 74.0 Å². The van der Waals surface area contributed by atoms with Crippen molar-refractivity contribution in [2.75, 3.05) is 25.2 Å². The molecule has 2 bridgehead atoms. The van der Waals surface area contributed by atoms with Crippen LogP contribution in [0.15, 0.2) is 30.3 Å². The summed E-state index contributed by atoms with van der Waals surface area (Å²) in [4.78, 5) is 11.3. The molecule has 3 rings (SSSR count). The van der Waals surface area contributed by atoms with Crippen molar-refractivity contribution in [2.24, 2.45) is 11.8 Å². The third kappa shape index (κ3) is 6.13. The highest BCUT2D eigenvalue weighted by atomic mass is 32.2. The summed E-state index contributed by atoms with van der Waals surface area (Å²) in [5.74, 6) is 4.26. The van der Waals surface area contributed by atoms with Gasteiger partial charge in [0.25, 0.3) is 0 Å². The molecule has 4 unspecified atom stereocenters. The summed E-state index contributed by atoms with van der Waals surface area (Å²) in [6, 6.07) is 10.0. The van der Waals surface area contributed by atoms with E-state index < -0.39 is 0 Å². The normalized spacial score (nSPS) is 25.8. The van der Waals surface area contributed by atoms with Gasteiger partial charge in [0.2, 0.25) is 5.91 Å². The van der Waals surface area contributed by atoms with Crippen molar-refractivity contribution in [1.82, 2.24) is 5.06 Å². The molecular formula is C22H33NO4S. The lowest BCUT2D eigenvalue weighted by Gasteiger charge is -2.28. The minimum absolute atomic E-state index is 0.204. The molecule has 6 heteroatoms. The van der Waals surface area contributed by atoms with Gasteiger partial charge < -0.3 is 9.47 Å². The van der Waals surface area contributed by atoms with E-state index in [9.17, 15) is 4.79 Å². The second kappa shape index (κ2) is 11.1. The Balaban J connectivity index is 1.31. The molecule has 5 nitrogen and oxygen atoms in total. The molecule has 2 aliphatic heterocycles. The standard InChI is InChI=1S/C22H33NO4S/c1-23(25)22(24)9-5-6-15-28-16-13-19-18(20-10-11-21(19)27-20)12-14-26-17-7-3-2-4-8-17/h2-4,7-8,18-21,25H,5-6,9-16H2,1H3. The molecule has 0 saturated carbocycles. The van der Waals surface area contributed by atoms with Gasteiger partial charge in [-0.1, -0.05) is 18.2 Å². The summed E-state index contributed by atoms with van der Waals surface area (Å²) in [6.07, 6.45) is 7.87. The maximum absolute atomic E-state index is 11.3. The van der Waals surface area contributed by atoms with Crippen LogP contribution in [0.5, 0.6) is 5.75 Å². The number of rotatable bonds is 12. The number of benzene rings is 1. The third-order valence-electron chi connectivity index (χ3n) is 5.94. The van der Waals surface area contributed by atoms with Crippen molar-refractivity contribution < 1.29 is 19.5 Å². The first-order valence-corrected chi connectivity index (χ1v) is 11.7. The van der Waals surface area contributed by atoms with Crippen molar-refractivity contribution in [2.45, 2.75) is 57.2 Å². The number of para-hydroxylation sites is 1. The Morgan fingerprint density at radius 1 is 1.14 bits per heavy atom. The average molecular weight is 408 g/mol. The molecular weight excluding hydrogens is 374 g/mol. The van der Waals surface area contributed by atoms with Crippen molar-refractivity contribution in [1.29, 1.82) is 0 Å². The fourth-order valence-corrected chi connectivity index (χ4v) is 5.51.